The number of hydrogen-bond acceptors (Lipinski definition) is 5. The zero-order valence-electron chi connectivity index (χ0n) is 18.5. The maximum absolute atomic E-state index is 11.8. The summed E-state index contributed by atoms with van der Waals surface area (Å²) in [6.45, 7) is 6.80. The summed E-state index contributed by atoms with van der Waals surface area (Å²) in [6.07, 6.45) is 5.98. The SMILES string of the molecule is CC1CN(CCC2CCC(NC(=O)N(C)C)CC2)CCN1c1nsc2ccccc12. The smallest absolute Gasteiger partial charge is 0.317 e. The molecule has 2 fully saturated rings. The van der Waals surface area contributed by atoms with Crippen LogP contribution in [0.5, 0.6) is 0 Å². The number of amides is 2. The molecule has 1 N–H and O–H groups in total. The minimum atomic E-state index is 0.0400. The first kappa shape index (κ1) is 21.4. The van der Waals surface area contributed by atoms with Gasteiger partial charge in [0.25, 0.3) is 0 Å². The predicted octanol–water partition coefficient (Wildman–Crippen LogP) is 4.03. The Balaban J connectivity index is 1.22. The molecule has 2 heterocycles. The van der Waals surface area contributed by atoms with Crippen molar-refractivity contribution in [3.63, 3.8) is 0 Å². The van der Waals surface area contributed by atoms with Crippen molar-refractivity contribution < 1.29 is 4.79 Å². The van der Waals surface area contributed by atoms with Gasteiger partial charge in [-0.15, -0.1) is 0 Å². The van der Waals surface area contributed by atoms with Crippen LogP contribution in [-0.4, -0.2) is 72.6 Å². The first-order valence-corrected chi connectivity index (χ1v) is 12.1. The highest BCUT2D eigenvalue weighted by Gasteiger charge is 2.28. The fourth-order valence-corrected chi connectivity index (χ4v) is 5.68. The monoisotopic (exact) mass is 429 g/mol. The van der Waals surface area contributed by atoms with E-state index in [9.17, 15) is 4.79 Å². The van der Waals surface area contributed by atoms with Crippen molar-refractivity contribution in [2.45, 2.75) is 51.1 Å². The van der Waals surface area contributed by atoms with E-state index in [-0.39, 0.29) is 6.03 Å². The van der Waals surface area contributed by atoms with Crippen LogP contribution in [-0.2, 0) is 0 Å². The van der Waals surface area contributed by atoms with Gasteiger partial charge in [-0.1, -0.05) is 12.1 Å². The van der Waals surface area contributed by atoms with Crippen LogP contribution in [0.3, 0.4) is 0 Å². The molecular weight excluding hydrogens is 394 g/mol. The highest BCUT2D eigenvalue weighted by atomic mass is 32.1. The largest absolute Gasteiger partial charge is 0.350 e. The summed E-state index contributed by atoms with van der Waals surface area (Å²) in [7, 11) is 3.61. The molecule has 0 bridgehead atoms. The standard InChI is InChI=1S/C23H35N5OS/c1-17-16-27(13-12-18-8-10-19(11-9-18)24-23(29)26(2)3)14-15-28(17)22-20-6-4-5-7-21(20)30-25-22/h4-7,17-19H,8-16H2,1-3H3,(H,24,29). The summed E-state index contributed by atoms with van der Waals surface area (Å²) in [4.78, 5) is 18.6. The number of aromatic nitrogens is 1. The molecule has 1 aromatic heterocycles. The number of nitrogens with one attached hydrogen (secondary N) is 1. The lowest BCUT2D eigenvalue weighted by atomic mass is 9.84. The summed E-state index contributed by atoms with van der Waals surface area (Å²) in [5.41, 5.74) is 0. The van der Waals surface area contributed by atoms with Gasteiger partial charge in [0.2, 0.25) is 0 Å². The second kappa shape index (κ2) is 9.52. The first-order chi connectivity index (χ1) is 14.5. The van der Waals surface area contributed by atoms with Crippen molar-refractivity contribution in [3.05, 3.63) is 24.3 Å². The van der Waals surface area contributed by atoms with E-state index in [0.717, 1.165) is 38.4 Å². The van der Waals surface area contributed by atoms with E-state index >= 15 is 0 Å². The molecular formula is C23H35N5OS. The quantitative estimate of drug-likeness (QED) is 0.780. The Labute approximate surface area is 184 Å². The Morgan fingerprint density at radius 2 is 1.97 bits per heavy atom. The minimum Gasteiger partial charge on any atom is -0.350 e. The van der Waals surface area contributed by atoms with E-state index in [2.05, 4.69) is 46.3 Å². The van der Waals surface area contributed by atoms with Crippen LogP contribution in [0.15, 0.2) is 24.3 Å². The molecule has 1 aliphatic carbocycles. The minimum absolute atomic E-state index is 0.0400. The van der Waals surface area contributed by atoms with E-state index in [1.165, 1.54) is 41.7 Å². The number of carbonyl (C=O) groups excluding carboxylic acids is 1. The highest BCUT2D eigenvalue weighted by molar-refractivity contribution is 7.13. The van der Waals surface area contributed by atoms with E-state index < -0.39 is 0 Å². The van der Waals surface area contributed by atoms with Gasteiger partial charge in [0.1, 0.15) is 5.82 Å². The normalized spacial score (nSPS) is 25.4. The van der Waals surface area contributed by atoms with Gasteiger partial charge in [-0.25, -0.2) is 4.79 Å². The molecule has 1 saturated carbocycles. The van der Waals surface area contributed by atoms with E-state index in [1.54, 1.807) is 30.5 Å². The van der Waals surface area contributed by atoms with Crippen LogP contribution in [0, 0.1) is 5.92 Å². The second-order valence-corrected chi connectivity index (χ2v) is 10.0. The molecule has 1 saturated heterocycles. The molecule has 7 heteroatoms. The summed E-state index contributed by atoms with van der Waals surface area (Å²) < 4.78 is 6.05. The van der Waals surface area contributed by atoms with Crippen LogP contribution in [0.2, 0.25) is 0 Å². The lowest BCUT2D eigenvalue weighted by Crippen LogP contribution is -2.52. The maximum Gasteiger partial charge on any atom is 0.317 e. The number of fused-ring (bicyclic) bond motifs is 1. The number of nitrogens with zero attached hydrogens (tertiary/aromatic N) is 4. The van der Waals surface area contributed by atoms with Gasteiger partial charge in [-0.2, -0.15) is 4.37 Å². The number of urea groups is 1. The lowest BCUT2D eigenvalue weighted by Gasteiger charge is -2.41. The van der Waals surface area contributed by atoms with E-state index in [1.807, 2.05) is 0 Å². The number of rotatable bonds is 5. The van der Waals surface area contributed by atoms with Crippen LogP contribution in [0.25, 0.3) is 10.1 Å². The third-order valence-corrected chi connectivity index (χ3v) is 7.59. The third kappa shape index (κ3) is 4.89. The maximum atomic E-state index is 11.8. The molecule has 2 aromatic rings. The number of piperazine rings is 1. The number of anilines is 1. The van der Waals surface area contributed by atoms with Crippen LogP contribution >= 0.6 is 11.5 Å². The van der Waals surface area contributed by atoms with Gasteiger partial charge in [0, 0.05) is 51.2 Å². The molecule has 4 rings (SSSR count). The Morgan fingerprint density at radius 3 is 2.70 bits per heavy atom. The summed E-state index contributed by atoms with van der Waals surface area (Å²) >= 11 is 1.61. The summed E-state index contributed by atoms with van der Waals surface area (Å²) in [6, 6.07) is 9.45. The van der Waals surface area contributed by atoms with Crippen LogP contribution in [0.4, 0.5) is 10.6 Å². The number of hydrogen-bond donors (Lipinski definition) is 1. The van der Waals surface area contributed by atoms with Gasteiger partial charge in [-0.05, 0) is 75.2 Å². The molecule has 2 aliphatic rings. The number of carbonyl (C=O) groups is 1. The fourth-order valence-electron chi connectivity index (χ4n) is 4.89. The fraction of sp³-hybridized carbons (Fsp3) is 0.652. The first-order valence-electron chi connectivity index (χ1n) is 11.3. The molecule has 30 heavy (non-hydrogen) atoms. The Hall–Kier alpha value is -1.86. The zero-order chi connectivity index (χ0) is 21.1. The Morgan fingerprint density at radius 1 is 1.20 bits per heavy atom. The molecule has 1 atom stereocenters. The third-order valence-electron chi connectivity index (χ3n) is 6.78. The van der Waals surface area contributed by atoms with Crippen molar-refractivity contribution in [3.8, 4) is 0 Å². The molecule has 164 valence electrons. The zero-order valence-corrected chi connectivity index (χ0v) is 19.3. The van der Waals surface area contributed by atoms with Gasteiger partial charge in [0.15, 0.2) is 0 Å². The summed E-state index contributed by atoms with van der Waals surface area (Å²) in [5.74, 6) is 1.97. The molecule has 1 aromatic carbocycles. The molecule has 2 amide bonds. The molecule has 1 aliphatic heterocycles. The van der Waals surface area contributed by atoms with E-state index in [0.29, 0.717) is 12.1 Å². The number of benzene rings is 1. The lowest BCUT2D eigenvalue weighted by molar-refractivity contribution is 0.187. The van der Waals surface area contributed by atoms with Crippen molar-refractivity contribution in [2.24, 2.45) is 5.92 Å². The van der Waals surface area contributed by atoms with Crippen LogP contribution < -0.4 is 10.2 Å². The van der Waals surface area contributed by atoms with Gasteiger partial charge >= 0.3 is 6.03 Å². The van der Waals surface area contributed by atoms with Crippen molar-refractivity contribution in [2.75, 3.05) is 45.2 Å². The Kier molecular flexibility index (Phi) is 6.78. The average Bonchev–Trinajstić information content (AvgIpc) is 3.17. The van der Waals surface area contributed by atoms with Gasteiger partial charge in [-0.3, -0.25) is 4.90 Å². The predicted molar refractivity (Wildman–Crippen MR) is 125 cm³/mol. The van der Waals surface area contributed by atoms with Crippen LogP contribution in [0.1, 0.15) is 39.0 Å². The second-order valence-electron chi connectivity index (χ2n) is 9.20. The average molecular weight is 430 g/mol. The molecule has 6 nitrogen and oxygen atoms in total. The summed E-state index contributed by atoms with van der Waals surface area (Å²) in [5, 5.41) is 4.44. The van der Waals surface area contributed by atoms with Gasteiger partial charge in [0.05, 0.1) is 4.70 Å². The molecule has 1 unspecified atom stereocenters. The topological polar surface area (TPSA) is 51.7 Å². The van der Waals surface area contributed by atoms with Crippen molar-refractivity contribution >= 4 is 33.5 Å². The Bertz CT molecular complexity index is 845. The van der Waals surface area contributed by atoms with Gasteiger partial charge < -0.3 is 15.1 Å². The highest BCUT2D eigenvalue weighted by Crippen LogP contribution is 2.32. The van der Waals surface area contributed by atoms with E-state index in [4.69, 9.17) is 4.37 Å². The van der Waals surface area contributed by atoms with Crippen molar-refractivity contribution in [1.82, 2.24) is 19.5 Å². The molecule has 0 spiro atoms. The van der Waals surface area contributed by atoms with Crippen molar-refractivity contribution in [1.29, 1.82) is 0 Å². The molecule has 0 radical (unpaired) electrons.